The Balaban J connectivity index is 2.13. The van der Waals surface area contributed by atoms with Crippen LogP contribution in [0.4, 0.5) is 10.1 Å². The summed E-state index contributed by atoms with van der Waals surface area (Å²) in [6.45, 7) is 3.11. The average molecular weight is 280 g/mol. The van der Waals surface area contributed by atoms with E-state index in [9.17, 15) is 14.3 Å². The fourth-order valence-electron chi connectivity index (χ4n) is 2.73. The molecule has 0 radical (unpaired) electrons. The monoisotopic (exact) mass is 280 g/mol. The van der Waals surface area contributed by atoms with Gasteiger partial charge in [0.2, 0.25) is 5.91 Å². The minimum atomic E-state index is -0.711. The smallest absolute Gasteiger partial charge is 0.222 e. The number of piperidine rings is 1. The van der Waals surface area contributed by atoms with Gasteiger partial charge in [-0.2, -0.15) is 0 Å². The van der Waals surface area contributed by atoms with E-state index >= 15 is 0 Å². The van der Waals surface area contributed by atoms with Crippen molar-refractivity contribution in [1.82, 2.24) is 5.32 Å². The third-order valence-electron chi connectivity index (χ3n) is 3.89. The van der Waals surface area contributed by atoms with Crippen LogP contribution in [0.3, 0.4) is 0 Å². The Morgan fingerprint density at radius 3 is 2.65 bits per heavy atom. The number of carbonyl (C=O) groups is 1. The van der Waals surface area contributed by atoms with Gasteiger partial charge in [-0.1, -0.05) is 0 Å². The van der Waals surface area contributed by atoms with E-state index < -0.39 is 6.10 Å². The van der Waals surface area contributed by atoms with Gasteiger partial charge in [-0.05, 0) is 38.0 Å². The number of nitrogens with zero attached hydrogens (tertiary/aromatic N) is 1. The van der Waals surface area contributed by atoms with Crippen LogP contribution in [0.1, 0.15) is 31.4 Å². The molecule has 4 nitrogen and oxygen atoms in total. The van der Waals surface area contributed by atoms with E-state index in [1.807, 2.05) is 0 Å². The summed E-state index contributed by atoms with van der Waals surface area (Å²) in [4.78, 5) is 13.7. The van der Waals surface area contributed by atoms with Crippen LogP contribution < -0.4 is 10.2 Å². The molecule has 0 aromatic heterocycles. The van der Waals surface area contributed by atoms with Crippen LogP contribution in [0.25, 0.3) is 0 Å². The van der Waals surface area contributed by atoms with Gasteiger partial charge in [0.1, 0.15) is 5.82 Å². The van der Waals surface area contributed by atoms with Crippen LogP contribution in [0, 0.1) is 11.7 Å². The van der Waals surface area contributed by atoms with E-state index in [1.165, 1.54) is 12.1 Å². The van der Waals surface area contributed by atoms with Crippen molar-refractivity contribution in [3.63, 3.8) is 0 Å². The summed E-state index contributed by atoms with van der Waals surface area (Å²) in [6, 6.07) is 4.49. The molecule has 110 valence electrons. The van der Waals surface area contributed by atoms with Crippen molar-refractivity contribution in [2.24, 2.45) is 5.92 Å². The lowest BCUT2D eigenvalue weighted by atomic mass is 9.94. The zero-order valence-electron chi connectivity index (χ0n) is 11.9. The Hall–Kier alpha value is -1.62. The highest BCUT2D eigenvalue weighted by Crippen LogP contribution is 2.30. The molecule has 2 N–H and O–H groups in total. The van der Waals surface area contributed by atoms with Crippen molar-refractivity contribution < 1.29 is 14.3 Å². The molecule has 0 bridgehead atoms. The van der Waals surface area contributed by atoms with Gasteiger partial charge < -0.3 is 15.3 Å². The Kier molecular flexibility index (Phi) is 4.60. The van der Waals surface area contributed by atoms with Gasteiger partial charge in [0.05, 0.1) is 6.10 Å². The number of aliphatic hydroxyl groups excluding tert-OH is 1. The highest BCUT2D eigenvalue weighted by Gasteiger charge is 2.26. The minimum absolute atomic E-state index is 0.0479. The molecule has 20 heavy (non-hydrogen) atoms. The second kappa shape index (κ2) is 6.22. The number of hydrogen-bond acceptors (Lipinski definition) is 3. The van der Waals surface area contributed by atoms with Crippen molar-refractivity contribution in [2.75, 3.05) is 25.0 Å². The van der Waals surface area contributed by atoms with E-state index in [-0.39, 0.29) is 17.6 Å². The molecule has 1 aliphatic rings. The molecule has 1 aliphatic heterocycles. The number of carbonyl (C=O) groups excluding carboxylic acids is 1. The molecule has 1 heterocycles. The van der Waals surface area contributed by atoms with Crippen LogP contribution in [-0.4, -0.2) is 31.2 Å². The largest absolute Gasteiger partial charge is 0.389 e. The second-order valence-electron chi connectivity index (χ2n) is 5.25. The molecule has 0 saturated carbocycles. The number of nitrogens with one attached hydrogen (secondary N) is 1. The fraction of sp³-hybridized carbons (Fsp3) is 0.533. The number of aliphatic hydroxyl groups is 1. The summed E-state index contributed by atoms with van der Waals surface area (Å²) in [5, 5.41) is 12.5. The van der Waals surface area contributed by atoms with Crippen LogP contribution in [0.2, 0.25) is 0 Å². The maximum Gasteiger partial charge on any atom is 0.222 e. The predicted molar refractivity (Wildman–Crippen MR) is 76.0 cm³/mol. The first-order chi connectivity index (χ1) is 9.52. The molecular weight excluding hydrogens is 259 g/mol. The number of rotatable bonds is 3. The van der Waals surface area contributed by atoms with E-state index in [4.69, 9.17) is 0 Å². The van der Waals surface area contributed by atoms with Crippen LogP contribution in [-0.2, 0) is 4.79 Å². The molecule has 1 unspecified atom stereocenters. The van der Waals surface area contributed by atoms with E-state index in [0.29, 0.717) is 5.56 Å². The Bertz CT molecular complexity index is 483. The van der Waals surface area contributed by atoms with Crippen molar-refractivity contribution in [3.8, 4) is 0 Å². The standard InChI is InChI=1S/C15H21FN2O2/c1-10(19)13-9-12(16)3-4-14(13)18-7-5-11(6-8-18)15(20)17-2/h3-4,9-11,19H,5-8H2,1-2H3,(H,17,20). The van der Waals surface area contributed by atoms with E-state index in [2.05, 4.69) is 10.2 Å². The summed E-state index contributed by atoms with van der Waals surface area (Å²) in [5.41, 5.74) is 1.46. The molecular formula is C15H21FN2O2. The molecule has 5 heteroatoms. The maximum atomic E-state index is 13.3. The normalized spacial score (nSPS) is 17.9. The van der Waals surface area contributed by atoms with E-state index in [1.54, 1.807) is 20.0 Å². The number of hydrogen-bond donors (Lipinski definition) is 2. The SMILES string of the molecule is CNC(=O)C1CCN(c2ccc(F)cc2C(C)O)CC1. The fourth-order valence-corrected chi connectivity index (χ4v) is 2.73. The van der Waals surface area contributed by atoms with Crippen molar-refractivity contribution >= 4 is 11.6 Å². The zero-order chi connectivity index (χ0) is 14.7. The summed E-state index contributed by atoms with van der Waals surface area (Å²) in [5.74, 6) is -0.212. The van der Waals surface area contributed by atoms with Gasteiger partial charge in [-0.25, -0.2) is 4.39 Å². The molecule has 1 saturated heterocycles. The molecule has 1 atom stereocenters. The average Bonchev–Trinajstić information content (AvgIpc) is 2.46. The highest BCUT2D eigenvalue weighted by molar-refractivity contribution is 5.78. The molecule has 0 spiro atoms. The van der Waals surface area contributed by atoms with Gasteiger partial charge >= 0.3 is 0 Å². The zero-order valence-corrected chi connectivity index (χ0v) is 11.9. The molecule has 0 aliphatic carbocycles. The molecule has 1 aromatic carbocycles. The van der Waals surface area contributed by atoms with E-state index in [0.717, 1.165) is 31.6 Å². The van der Waals surface area contributed by atoms with Gasteiger partial charge in [0.15, 0.2) is 0 Å². The first-order valence-corrected chi connectivity index (χ1v) is 6.97. The minimum Gasteiger partial charge on any atom is -0.389 e. The van der Waals surface area contributed by atoms with Crippen molar-refractivity contribution in [2.45, 2.75) is 25.9 Å². The lowest BCUT2D eigenvalue weighted by molar-refractivity contribution is -0.125. The lowest BCUT2D eigenvalue weighted by Crippen LogP contribution is -2.40. The summed E-state index contributed by atoms with van der Waals surface area (Å²) >= 11 is 0. The Morgan fingerprint density at radius 2 is 2.10 bits per heavy atom. The molecule has 1 amide bonds. The molecule has 1 aromatic rings. The summed E-state index contributed by atoms with van der Waals surface area (Å²) in [6.07, 6.45) is 0.837. The van der Waals surface area contributed by atoms with Crippen LogP contribution >= 0.6 is 0 Å². The Labute approximate surface area is 118 Å². The quantitative estimate of drug-likeness (QED) is 0.888. The van der Waals surface area contributed by atoms with Gasteiger partial charge in [0.25, 0.3) is 0 Å². The third kappa shape index (κ3) is 3.10. The number of anilines is 1. The van der Waals surface area contributed by atoms with Gasteiger partial charge in [0, 0.05) is 37.3 Å². The van der Waals surface area contributed by atoms with Crippen LogP contribution in [0.5, 0.6) is 0 Å². The van der Waals surface area contributed by atoms with Crippen molar-refractivity contribution in [1.29, 1.82) is 0 Å². The lowest BCUT2D eigenvalue weighted by Gasteiger charge is -2.34. The highest BCUT2D eigenvalue weighted by atomic mass is 19.1. The van der Waals surface area contributed by atoms with Crippen LogP contribution in [0.15, 0.2) is 18.2 Å². The summed E-state index contributed by atoms with van der Waals surface area (Å²) < 4.78 is 13.3. The van der Waals surface area contributed by atoms with Crippen molar-refractivity contribution in [3.05, 3.63) is 29.6 Å². The topological polar surface area (TPSA) is 52.6 Å². The predicted octanol–water partition coefficient (Wildman–Crippen LogP) is 1.84. The number of halogens is 1. The molecule has 2 rings (SSSR count). The first kappa shape index (κ1) is 14.8. The van der Waals surface area contributed by atoms with Gasteiger partial charge in [-0.15, -0.1) is 0 Å². The molecule has 1 fully saturated rings. The number of benzene rings is 1. The summed E-state index contributed by atoms with van der Waals surface area (Å²) in [7, 11) is 1.65. The number of amides is 1. The maximum absolute atomic E-state index is 13.3. The van der Waals surface area contributed by atoms with Gasteiger partial charge in [-0.3, -0.25) is 4.79 Å². The first-order valence-electron chi connectivity index (χ1n) is 6.97. The second-order valence-corrected chi connectivity index (χ2v) is 5.25. The third-order valence-corrected chi connectivity index (χ3v) is 3.89. The Morgan fingerprint density at radius 1 is 1.45 bits per heavy atom.